The molecule has 3 nitrogen and oxygen atoms in total. The van der Waals surface area contributed by atoms with Crippen LogP contribution in [0.3, 0.4) is 0 Å². The number of fused-ring (bicyclic) bond motifs is 1. The molecule has 2 fully saturated rings. The van der Waals surface area contributed by atoms with E-state index in [1.54, 1.807) is 0 Å². The van der Waals surface area contributed by atoms with E-state index in [-0.39, 0.29) is 5.41 Å². The van der Waals surface area contributed by atoms with Crippen LogP contribution in [0.15, 0.2) is 0 Å². The molecule has 4 unspecified atom stereocenters. The predicted octanol–water partition coefficient (Wildman–Crippen LogP) is 2.25. The van der Waals surface area contributed by atoms with Crippen LogP contribution < -0.4 is 5.73 Å². The van der Waals surface area contributed by atoms with Gasteiger partial charge in [0.15, 0.2) is 0 Å². The van der Waals surface area contributed by atoms with Gasteiger partial charge in [0.25, 0.3) is 0 Å². The normalized spacial score (nSPS) is 33.6. The molecule has 1 amide bonds. The van der Waals surface area contributed by atoms with E-state index < -0.39 is 0 Å². The SMILES string of the molecule is CC(CC(=O)N1CC2CCC(N)C2C1)C(C)(C)C. The van der Waals surface area contributed by atoms with E-state index in [2.05, 4.69) is 32.6 Å². The first-order chi connectivity index (χ1) is 8.29. The zero-order valence-corrected chi connectivity index (χ0v) is 12.3. The van der Waals surface area contributed by atoms with Crippen molar-refractivity contribution in [2.75, 3.05) is 13.1 Å². The number of carbonyl (C=O) groups excluding carboxylic acids is 1. The summed E-state index contributed by atoms with van der Waals surface area (Å²) in [5, 5.41) is 0. The molecule has 18 heavy (non-hydrogen) atoms. The highest BCUT2D eigenvalue weighted by molar-refractivity contribution is 5.76. The summed E-state index contributed by atoms with van der Waals surface area (Å²) in [5.74, 6) is 2.01. The van der Waals surface area contributed by atoms with Gasteiger partial charge in [0.2, 0.25) is 5.91 Å². The van der Waals surface area contributed by atoms with Crippen LogP contribution in [0.2, 0.25) is 0 Å². The van der Waals surface area contributed by atoms with E-state index in [0.29, 0.717) is 36.1 Å². The smallest absolute Gasteiger partial charge is 0.222 e. The number of carbonyl (C=O) groups is 1. The summed E-state index contributed by atoms with van der Waals surface area (Å²) in [6.45, 7) is 10.7. The van der Waals surface area contributed by atoms with Gasteiger partial charge in [-0.1, -0.05) is 27.7 Å². The minimum Gasteiger partial charge on any atom is -0.342 e. The molecular weight excluding hydrogens is 224 g/mol. The largest absolute Gasteiger partial charge is 0.342 e. The molecule has 3 heteroatoms. The fourth-order valence-electron chi connectivity index (χ4n) is 3.21. The summed E-state index contributed by atoms with van der Waals surface area (Å²) < 4.78 is 0. The zero-order chi connectivity index (χ0) is 13.5. The predicted molar refractivity (Wildman–Crippen MR) is 74.0 cm³/mol. The van der Waals surface area contributed by atoms with Crippen molar-refractivity contribution in [2.24, 2.45) is 28.9 Å². The number of rotatable bonds is 2. The highest BCUT2D eigenvalue weighted by Gasteiger charge is 2.42. The van der Waals surface area contributed by atoms with Crippen LogP contribution in [0.25, 0.3) is 0 Å². The third-order valence-electron chi connectivity index (χ3n) is 5.22. The first kappa shape index (κ1) is 13.9. The standard InChI is InChI=1S/C15H28N2O/c1-10(15(2,3)4)7-14(18)17-8-11-5-6-13(16)12(11)9-17/h10-13H,5-9,16H2,1-4H3. The van der Waals surface area contributed by atoms with Gasteiger partial charge in [-0.15, -0.1) is 0 Å². The monoisotopic (exact) mass is 252 g/mol. The molecular formula is C15H28N2O. The van der Waals surface area contributed by atoms with Crippen molar-refractivity contribution in [3.63, 3.8) is 0 Å². The zero-order valence-electron chi connectivity index (χ0n) is 12.3. The third kappa shape index (κ3) is 2.71. The van der Waals surface area contributed by atoms with Crippen LogP contribution in [0.4, 0.5) is 0 Å². The Bertz CT molecular complexity index is 321. The van der Waals surface area contributed by atoms with Gasteiger partial charge in [-0.05, 0) is 36.0 Å². The fourth-order valence-corrected chi connectivity index (χ4v) is 3.21. The van der Waals surface area contributed by atoms with E-state index in [9.17, 15) is 4.79 Å². The quantitative estimate of drug-likeness (QED) is 0.819. The fraction of sp³-hybridized carbons (Fsp3) is 0.933. The Morgan fingerprint density at radius 2 is 2.00 bits per heavy atom. The molecule has 0 bridgehead atoms. The molecule has 1 aliphatic heterocycles. The summed E-state index contributed by atoms with van der Waals surface area (Å²) in [6.07, 6.45) is 3.04. The molecule has 2 N–H and O–H groups in total. The van der Waals surface area contributed by atoms with Crippen molar-refractivity contribution >= 4 is 5.91 Å². The van der Waals surface area contributed by atoms with Gasteiger partial charge in [-0.3, -0.25) is 4.79 Å². The molecule has 1 heterocycles. The van der Waals surface area contributed by atoms with Crippen LogP contribution in [-0.4, -0.2) is 29.9 Å². The lowest BCUT2D eigenvalue weighted by Gasteiger charge is -2.29. The second-order valence-electron chi connectivity index (χ2n) is 7.44. The van der Waals surface area contributed by atoms with Crippen LogP contribution in [0, 0.1) is 23.2 Å². The number of nitrogens with two attached hydrogens (primary N) is 1. The average Bonchev–Trinajstić information content (AvgIpc) is 2.80. The molecule has 0 aromatic carbocycles. The minimum absolute atomic E-state index is 0.210. The van der Waals surface area contributed by atoms with Gasteiger partial charge in [-0.25, -0.2) is 0 Å². The minimum atomic E-state index is 0.210. The molecule has 1 saturated carbocycles. The van der Waals surface area contributed by atoms with Crippen LogP contribution in [0.1, 0.15) is 47.0 Å². The van der Waals surface area contributed by atoms with Crippen molar-refractivity contribution in [1.82, 2.24) is 4.90 Å². The molecule has 0 aromatic rings. The van der Waals surface area contributed by atoms with Crippen molar-refractivity contribution in [2.45, 2.75) is 53.0 Å². The lowest BCUT2D eigenvalue weighted by atomic mass is 9.80. The van der Waals surface area contributed by atoms with Gasteiger partial charge in [0, 0.05) is 25.6 Å². The van der Waals surface area contributed by atoms with Crippen molar-refractivity contribution in [3.05, 3.63) is 0 Å². The topological polar surface area (TPSA) is 46.3 Å². The molecule has 0 spiro atoms. The van der Waals surface area contributed by atoms with Crippen LogP contribution >= 0.6 is 0 Å². The summed E-state index contributed by atoms with van der Waals surface area (Å²) in [5.41, 5.74) is 6.32. The summed E-state index contributed by atoms with van der Waals surface area (Å²) in [7, 11) is 0. The second-order valence-corrected chi connectivity index (χ2v) is 7.44. The Kier molecular flexibility index (Phi) is 3.72. The number of nitrogens with zero attached hydrogens (tertiary/aromatic N) is 1. The summed E-state index contributed by atoms with van der Waals surface area (Å²) in [4.78, 5) is 14.4. The average molecular weight is 252 g/mol. The second kappa shape index (κ2) is 4.84. The maximum absolute atomic E-state index is 12.3. The number of amides is 1. The van der Waals surface area contributed by atoms with Crippen molar-refractivity contribution in [1.29, 1.82) is 0 Å². The summed E-state index contributed by atoms with van der Waals surface area (Å²) >= 11 is 0. The van der Waals surface area contributed by atoms with Gasteiger partial charge in [0.1, 0.15) is 0 Å². The van der Waals surface area contributed by atoms with Crippen LogP contribution in [0.5, 0.6) is 0 Å². The van der Waals surface area contributed by atoms with E-state index in [1.165, 1.54) is 6.42 Å². The maximum Gasteiger partial charge on any atom is 0.222 e. The molecule has 1 saturated heterocycles. The Morgan fingerprint density at radius 1 is 1.33 bits per heavy atom. The lowest BCUT2D eigenvalue weighted by Crippen LogP contribution is -2.35. The molecule has 104 valence electrons. The molecule has 1 aliphatic carbocycles. The number of likely N-dealkylation sites (tertiary alicyclic amines) is 1. The third-order valence-corrected chi connectivity index (χ3v) is 5.22. The maximum atomic E-state index is 12.3. The molecule has 4 atom stereocenters. The van der Waals surface area contributed by atoms with E-state index >= 15 is 0 Å². The molecule has 2 rings (SSSR count). The Balaban J connectivity index is 1.89. The molecule has 0 aromatic heterocycles. The Hall–Kier alpha value is -0.570. The van der Waals surface area contributed by atoms with Gasteiger partial charge >= 0.3 is 0 Å². The highest BCUT2D eigenvalue weighted by atomic mass is 16.2. The Morgan fingerprint density at radius 3 is 2.56 bits per heavy atom. The summed E-state index contributed by atoms with van der Waals surface area (Å²) in [6, 6.07) is 0.327. The Labute approximate surface area is 111 Å². The number of hydrogen-bond acceptors (Lipinski definition) is 2. The van der Waals surface area contributed by atoms with Crippen molar-refractivity contribution in [3.8, 4) is 0 Å². The number of hydrogen-bond donors (Lipinski definition) is 1. The molecule has 0 radical (unpaired) electrons. The first-order valence-electron chi connectivity index (χ1n) is 7.32. The molecule has 2 aliphatic rings. The first-order valence-corrected chi connectivity index (χ1v) is 7.32. The van der Waals surface area contributed by atoms with E-state index in [1.807, 2.05) is 0 Å². The van der Waals surface area contributed by atoms with E-state index in [0.717, 1.165) is 19.5 Å². The highest BCUT2D eigenvalue weighted by Crippen LogP contribution is 2.38. The van der Waals surface area contributed by atoms with Gasteiger partial charge in [-0.2, -0.15) is 0 Å². The lowest BCUT2D eigenvalue weighted by molar-refractivity contribution is -0.132. The van der Waals surface area contributed by atoms with Gasteiger partial charge < -0.3 is 10.6 Å². The van der Waals surface area contributed by atoms with Gasteiger partial charge in [0.05, 0.1) is 0 Å². The van der Waals surface area contributed by atoms with E-state index in [4.69, 9.17) is 5.73 Å². The van der Waals surface area contributed by atoms with Crippen LogP contribution in [-0.2, 0) is 4.79 Å². The van der Waals surface area contributed by atoms with Crippen molar-refractivity contribution < 1.29 is 4.79 Å².